The Hall–Kier alpha value is -5.99. The number of aryl methyl sites for hydroxylation is 1. The van der Waals surface area contributed by atoms with Gasteiger partial charge in [0.25, 0.3) is 0 Å². The lowest BCUT2D eigenvalue weighted by atomic mass is 9.85. The molecule has 0 radical (unpaired) electrons. The first-order chi connectivity index (χ1) is 28.1. The number of imidazole rings is 1. The number of fused-ring (bicyclic) bond motifs is 4. The molecule has 0 unspecified atom stereocenters. The maximum Gasteiger partial charge on any atom is 0.114 e. The third-order valence-electron chi connectivity index (χ3n) is 8.69. The standard InChI is InChI=1S/C45H32N2/c1-2-43-46-41-23-9-10-24-42(41)47(43)36-18-12-16-33(29-36)32-15-11-17-34(28-32)44-37-19-5-7-21-39(37)45(40-22-8-6-20-38(40)44)35-26-25-30-13-3-4-14-31(30)27-35/h3-29H,2H2,1H3/i1D3,2D2,3D,4D,13D,14D,25D,26D,27D. The third-order valence-corrected chi connectivity index (χ3v) is 8.69. The van der Waals surface area contributed by atoms with Crippen LogP contribution in [0.15, 0.2) is 164 Å². The molecule has 0 spiro atoms. The van der Waals surface area contributed by atoms with Gasteiger partial charge in [0.15, 0.2) is 0 Å². The number of rotatable bonds is 5. The van der Waals surface area contributed by atoms with Crippen LogP contribution in [0.2, 0.25) is 0 Å². The van der Waals surface area contributed by atoms with E-state index in [9.17, 15) is 2.74 Å². The number of hydrogen-bond acceptors (Lipinski definition) is 1. The summed E-state index contributed by atoms with van der Waals surface area (Å²) in [6, 6.07) is 34.8. The fourth-order valence-electron chi connectivity index (χ4n) is 6.67. The highest BCUT2D eigenvalue weighted by atomic mass is 15.1. The van der Waals surface area contributed by atoms with E-state index in [4.69, 9.17) is 13.7 Å². The fourth-order valence-corrected chi connectivity index (χ4v) is 6.67. The van der Waals surface area contributed by atoms with E-state index in [2.05, 4.69) is 4.98 Å². The first-order valence-electron chi connectivity index (χ1n) is 21.2. The van der Waals surface area contributed by atoms with Crippen LogP contribution in [0.25, 0.3) is 82.4 Å². The van der Waals surface area contributed by atoms with Gasteiger partial charge in [-0.25, -0.2) is 4.98 Å². The predicted octanol–water partition coefficient (Wildman–Crippen LogP) is 12.0. The number of benzene rings is 8. The van der Waals surface area contributed by atoms with Crippen LogP contribution >= 0.6 is 0 Å². The smallest absolute Gasteiger partial charge is 0.114 e. The van der Waals surface area contributed by atoms with Crippen molar-refractivity contribution < 1.29 is 16.4 Å². The molecule has 9 aromatic rings. The number of hydrogen-bond donors (Lipinski definition) is 0. The summed E-state index contributed by atoms with van der Waals surface area (Å²) in [7, 11) is 0. The summed E-state index contributed by atoms with van der Waals surface area (Å²) in [5, 5.41) is 2.72. The maximum absolute atomic E-state index is 9.40. The average molecular weight is 613 g/mol. The molecule has 0 atom stereocenters. The molecule has 0 amide bonds. The van der Waals surface area contributed by atoms with Crippen molar-refractivity contribution in [2.24, 2.45) is 0 Å². The molecule has 0 aliphatic heterocycles. The molecule has 47 heavy (non-hydrogen) atoms. The Labute approximate surface area is 291 Å². The van der Waals surface area contributed by atoms with E-state index >= 15 is 0 Å². The molecule has 0 fully saturated rings. The van der Waals surface area contributed by atoms with Gasteiger partial charge in [0.05, 0.1) is 20.6 Å². The molecular formula is C45H32N2. The van der Waals surface area contributed by atoms with E-state index in [1.807, 2.05) is 91.0 Å². The van der Waals surface area contributed by atoms with Crippen LogP contribution < -0.4 is 0 Å². The van der Waals surface area contributed by atoms with E-state index in [-0.39, 0.29) is 40.3 Å². The monoisotopic (exact) mass is 612 g/mol. The van der Waals surface area contributed by atoms with Crippen molar-refractivity contribution in [2.45, 2.75) is 13.2 Å². The predicted molar refractivity (Wildman–Crippen MR) is 199 cm³/mol. The summed E-state index contributed by atoms with van der Waals surface area (Å²) < 4.78 is 104. The summed E-state index contributed by atoms with van der Waals surface area (Å²) in [5.41, 5.74) is 5.53. The van der Waals surface area contributed by atoms with E-state index < -0.39 is 37.4 Å². The summed E-state index contributed by atoms with van der Waals surface area (Å²) in [5.74, 6) is -0.224. The minimum atomic E-state index is -2.98. The van der Waals surface area contributed by atoms with Gasteiger partial charge in [-0.3, -0.25) is 4.57 Å². The average Bonchev–Trinajstić information content (AvgIpc) is 3.63. The summed E-state index contributed by atoms with van der Waals surface area (Å²) in [4.78, 5) is 4.48. The molecule has 0 saturated heterocycles. The Morgan fingerprint density at radius 3 is 1.96 bits per heavy atom. The van der Waals surface area contributed by atoms with Crippen LogP contribution in [0.5, 0.6) is 0 Å². The molecule has 0 aliphatic carbocycles. The molecular weight excluding hydrogens is 569 g/mol. The minimum Gasteiger partial charge on any atom is -0.296 e. The number of para-hydroxylation sites is 2. The highest BCUT2D eigenvalue weighted by Crippen LogP contribution is 2.44. The molecule has 8 aromatic carbocycles. The fraction of sp³-hybridized carbons (Fsp3) is 0.0444. The molecule has 9 rings (SSSR count). The molecule has 0 saturated carbocycles. The van der Waals surface area contributed by atoms with Gasteiger partial charge in [-0.2, -0.15) is 0 Å². The van der Waals surface area contributed by atoms with Crippen LogP contribution in [0.1, 0.15) is 29.1 Å². The second-order valence-electron chi connectivity index (χ2n) is 11.4. The summed E-state index contributed by atoms with van der Waals surface area (Å²) in [6.45, 7) is -2.98. The van der Waals surface area contributed by atoms with Gasteiger partial charge in [0.2, 0.25) is 0 Å². The van der Waals surface area contributed by atoms with Gasteiger partial charge in [0.1, 0.15) is 5.82 Å². The quantitative estimate of drug-likeness (QED) is 0.177. The van der Waals surface area contributed by atoms with Gasteiger partial charge >= 0.3 is 0 Å². The van der Waals surface area contributed by atoms with Crippen LogP contribution in [0.4, 0.5) is 0 Å². The first-order valence-corrected chi connectivity index (χ1v) is 15.2. The Morgan fingerprint density at radius 2 is 1.21 bits per heavy atom. The van der Waals surface area contributed by atoms with Gasteiger partial charge in [-0.05, 0) is 102 Å². The van der Waals surface area contributed by atoms with E-state index in [1.54, 1.807) is 34.9 Å². The van der Waals surface area contributed by atoms with Gasteiger partial charge in [-0.1, -0.05) is 134 Å². The second kappa shape index (κ2) is 11.1. The van der Waals surface area contributed by atoms with Crippen molar-refractivity contribution in [2.75, 3.05) is 0 Å². The highest BCUT2D eigenvalue weighted by Gasteiger charge is 2.17. The zero-order valence-electron chi connectivity index (χ0n) is 36.9. The Balaban J connectivity index is 1.26. The Bertz CT molecular complexity index is 3160. The van der Waals surface area contributed by atoms with E-state index in [0.29, 0.717) is 33.1 Å². The SMILES string of the molecule is [2H]c1c([2H])c([2H])c2c([2H])c(-c3c4ccccc4c(-c4cccc(-c5cccc(-n6c(C([2H])([2H])C([2H])([2H])[2H])nc7ccccc76)c5)c4)c4ccccc34)c([2H])c([2H])c2c1[2H]. The van der Waals surface area contributed by atoms with Crippen LogP contribution in [0, 0.1) is 0 Å². The topological polar surface area (TPSA) is 17.8 Å². The second-order valence-corrected chi connectivity index (χ2v) is 11.4. The molecule has 2 heteroatoms. The number of nitrogens with zero attached hydrogens (tertiary/aromatic N) is 2. The normalized spacial score (nSPS) is 15.8. The summed E-state index contributed by atoms with van der Waals surface area (Å²) in [6.07, 6.45) is -2.75. The number of aromatic nitrogens is 2. The van der Waals surface area contributed by atoms with Crippen LogP contribution in [-0.2, 0) is 6.37 Å². The van der Waals surface area contributed by atoms with E-state index in [1.165, 1.54) is 0 Å². The van der Waals surface area contributed by atoms with Gasteiger partial charge in [-0.15, -0.1) is 0 Å². The van der Waals surface area contributed by atoms with Crippen molar-refractivity contribution in [1.29, 1.82) is 0 Å². The van der Waals surface area contributed by atoms with Crippen molar-refractivity contribution in [1.82, 2.24) is 9.55 Å². The molecule has 222 valence electrons. The van der Waals surface area contributed by atoms with Gasteiger partial charge < -0.3 is 0 Å². The van der Waals surface area contributed by atoms with Crippen LogP contribution in [-0.4, -0.2) is 9.55 Å². The van der Waals surface area contributed by atoms with Crippen molar-refractivity contribution in [3.05, 3.63) is 169 Å². The van der Waals surface area contributed by atoms with Crippen molar-refractivity contribution in [3.8, 4) is 39.1 Å². The molecule has 0 bridgehead atoms. The van der Waals surface area contributed by atoms with Crippen molar-refractivity contribution >= 4 is 43.4 Å². The summed E-state index contributed by atoms with van der Waals surface area (Å²) >= 11 is 0. The molecule has 1 heterocycles. The lowest BCUT2D eigenvalue weighted by molar-refractivity contribution is 0.908. The Kier molecular flexibility index (Phi) is 4.17. The largest absolute Gasteiger partial charge is 0.296 e. The molecule has 0 aliphatic rings. The first kappa shape index (κ1) is 17.6. The Morgan fingerprint density at radius 1 is 0.596 bits per heavy atom. The lowest BCUT2D eigenvalue weighted by Gasteiger charge is -2.18. The molecule has 0 N–H and O–H groups in total. The zero-order chi connectivity index (χ0) is 41.7. The lowest BCUT2D eigenvalue weighted by Crippen LogP contribution is -2.00. The van der Waals surface area contributed by atoms with Crippen LogP contribution in [0.3, 0.4) is 0 Å². The third kappa shape index (κ3) is 4.53. The van der Waals surface area contributed by atoms with E-state index in [0.717, 1.165) is 33.0 Å². The van der Waals surface area contributed by atoms with Gasteiger partial charge in [0, 0.05) is 18.9 Å². The minimum absolute atomic E-state index is 0.103. The molecule has 1 aromatic heterocycles. The highest BCUT2D eigenvalue weighted by molar-refractivity contribution is 6.21. The maximum atomic E-state index is 9.40. The zero-order valence-corrected chi connectivity index (χ0v) is 24.9. The molecule has 2 nitrogen and oxygen atoms in total. The van der Waals surface area contributed by atoms with Crippen molar-refractivity contribution in [3.63, 3.8) is 0 Å².